The lowest BCUT2D eigenvalue weighted by atomic mass is 9.77. The fraction of sp³-hybridized carbons (Fsp3) is 0.750. The molecule has 1 aliphatic carbocycles. The van der Waals surface area contributed by atoms with Crippen molar-refractivity contribution in [2.45, 2.75) is 38.1 Å². The van der Waals surface area contributed by atoms with E-state index in [1.165, 1.54) is 7.05 Å². The van der Waals surface area contributed by atoms with Crippen molar-refractivity contribution in [1.82, 2.24) is 16.0 Å². The van der Waals surface area contributed by atoms with Crippen LogP contribution in [0.25, 0.3) is 0 Å². The maximum atomic E-state index is 11.7. The highest BCUT2D eigenvalue weighted by molar-refractivity contribution is 5.88. The zero-order chi connectivity index (χ0) is 14.5. The number of likely N-dealkylation sites (N-methyl/N-ethyl adjacent to an activating group) is 1. The van der Waals surface area contributed by atoms with Crippen molar-refractivity contribution in [2.24, 2.45) is 5.92 Å². The maximum Gasteiger partial charge on any atom is 0.329 e. The predicted molar refractivity (Wildman–Crippen MR) is 68.6 cm³/mol. The minimum atomic E-state index is -1.21. The van der Waals surface area contributed by atoms with E-state index in [0.717, 1.165) is 12.8 Å². The van der Waals surface area contributed by atoms with Gasteiger partial charge in [-0.3, -0.25) is 4.79 Å². The molecule has 0 radical (unpaired) electrons. The number of carbonyl (C=O) groups excluding carboxylic acids is 2. The highest BCUT2D eigenvalue weighted by Crippen LogP contribution is 2.32. The Labute approximate surface area is 112 Å². The molecule has 0 aromatic rings. The molecule has 108 valence electrons. The van der Waals surface area contributed by atoms with Gasteiger partial charge in [0.25, 0.3) is 0 Å². The Morgan fingerprint density at radius 2 is 1.84 bits per heavy atom. The average molecular weight is 271 g/mol. The number of nitrogens with one attached hydrogen (secondary N) is 3. The molecule has 0 saturated heterocycles. The van der Waals surface area contributed by atoms with E-state index >= 15 is 0 Å². The first-order chi connectivity index (χ1) is 8.89. The van der Waals surface area contributed by atoms with Gasteiger partial charge in [0.1, 0.15) is 5.54 Å². The Bertz CT molecular complexity index is 362. The second-order valence-electron chi connectivity index (χ2n) is 5.05. The van der Waals surface area contributed by atoms with Crippen molar-refractivity contribution in [3.8, 4) is 0 Å². The first-order valence-corrected chi connectivity index (χ1v) is 6.39. The minimum absolute atomic E-state index is 0.172. The van der Waals surface area contributed by atoms with Gasteiger partial charge >= 0.3 is 12.0 Å². The lowest BCUT2D eigenvalue weighted by Crippen LogP contribution is -2.59. The number of carbonyl (C=O) groups is 3. The summed E-state index contributed by atoms with van der Waals surface area (Å²) in [6.07, 6.45) is 2.36. The summed E-state index contributed by atoms with van der Waals surface area (Å²) in [5.74, 6) is -0.880. The molecule has 0 heterocycles. The zero-order valence-corrected chi connectivity index (χ0v) is 11.3. The van der Waals surface area contributed by atoms with Gasteiger partial charge in [0.15, 0.2) is 0 Å². The van der Waals surface area contributed by atoms with E-state index in [-0.39, 0.29) is 12.5 Å². The molecule has 0 atom stereocenters. The van der Waals surface area contributed by atoms with Crippen LogP contribution in [0.3, 0.4) is 0 Å². The number of hydrogen-bond acceptors (Lipinski definition) is 3. The van der Waals surface area contributed by atoms with Crippen LogP contribution in [0, 0.1) is 5.92 Å². The van der Waals surface area contributed by atoms with Gasteiger partial charge in [0.05, 0.1) is 6.54 Å². The molecular formula is C12H21N3O4. The SMILES string of the molecule is CNC(=O)CNC(=O)NC1(C(=O)O)CCC(C)CC1. The van der Waals surface area contributed by atoms with Crippen LogP contribution in [0.2, 0.25) is 0 Å². The van der Waals surface area contributed by atoms with Crippen molar-refractivity contribution >= 4 is 17.9 Å². The van der Waals surface area contributed by atoms with Crippen molar-refractivity contribution in [1.29, 1.82) is 0 Å². The molecule has 1 rings (SSSR count). The van der Waals surface area contributed by atoms with Crippen LogP contribution in [0.15, 0.2) is 0 Å². The monoisotopic (exact) mass is 271 g/mol. The van der Waals surface area contributed by atoms with Gasteiger partial charge in [-0.25, -0.2) is 9.59 Å². The van der Waals surface area contributed by atoms with Crippen molar-refractivity contribution in [2.75, 3.05) is 13.6 Å². The van der Waals surface area contributed by atoms with Crippen LogP contribution in [0.1, 0.15) is 32.6 Å². The van der Waals surface area contributed by atoms with Gasteiger partial charge < -0.3 is 21.1 Å². The Hall–Kier alpha value is -1.79. The number of hydrogen-bond donors (Lipinski definition) is 4. The van der Waals surface area contributed by atoms with E-state index in [4.69, 9.17) is 0 Å². The highest BCUT2D eigenvalue weighted by atomic mass is 16.4. The minimum Gasteiger partial charge on any atom is -0.480 e. The first kappa shape index (κ1) is 15.3. The van der Waals surface area contributed by atoms with Gasteiger partial charge in [-0.05, 0) is 31.6 Å². The summed E-state index contributed by atoms with van der Waals surface area (Å²) in [7, 11) is 1.46. The Morgan fingerprint density at radius 1 is 1.26 bits per heavy atom. The molecule has 3 amide bonds. The number of aliphatic carboxylic acids is 1. The van der Waals surface area contributed by atoms with E-state index in [2.05, 4.69) is 22.9 Å². The largest absolute Gasteiger partial charge is 0.480 e. The molecule has 4 N–H and O–H groups in total. The molecule has 0 spiro atoms. The Kier molecular flexibility index (Phi) is 5.14. The lowest BCUT2D eigenvalue weighted by molar-refractivity contribution is -0.146. The van der Waals surface area contributed by atoms with Crippen molar-refractivity contribution in [3.05, 3.63) is 0 Å². The highest BCUT2D eigenvalue weighted by Gasteiger charge is 2.42. The van der Waals surface area contributed by atoms with Gasteiger partial charge in [0.2, 0.25) is 5.91 Å². The van der Waals surface area contributed by atoms with Crippen LogP contribution in [-0.4, -0.2) is 42.1 Å². The third-order valence-corrected chi connectivity index (χ3v) is 3.58. The Balaban J connectivity index is 2.57. The summed E-state index contributed by atoms with van der Waals surface area (Å²) < 4.78 is 0. The summed E-state index contributed by atoms with van der Waals surface area (Å²) in [6.45, 7) is 1.89. The topological polar surface area (TPSA) is 108 Å². The number of urea groups is 1. The molecule has 7 heteroatoms. The smallest absolute Gasteiger partial charge is 0.329 e. The van der Waals surface area contributed by atoms with Crippen molar-refractivity contribution in [3.63, 3.8) is 0 Å². The van der Waals surface area contributed by atoms with Crippen molar-refractivity contribution < 1.29 is 19.5 Å². The lowest BCUT2D eigenvalue weighted by Gasteiger charge is -2.36. The third-order valence-electron chi connectivity index (χ3n) is 3.58. The summed E-state index contributed by atoms with van der Waals surface area (Å²) in [6, 6.07) is -0.624. The zero-order valence-electron chi connectivity index (χ0n) is 11.3. The van der Waals surface area contributed by atoms with Crippen LogP contribution in [0.5, 0.6) is 0 Å². The van der Waals surface area contributed by atoms with Gasteiger partial charge in [-0.1, -0.05) is 6.92 Å². The van der Waals surface area contributed by atoms with E-state index < -0.39 is 17.5 Å². The average Bonchev–Trinajstić information content (AvgIpc) is 2.38. The van der Waals surface area contributed by atoms with E-state index in [9.17, 15) is 19.5 Å². The molecule has 0 aliphatic heterocycles. The number of rotatable bonds is 4. The fourth-order valence-electron chi connectivity index (χ4n) is 2.16. The standard InChI is InChI=1S/C12H21N3O4/c1-8-3-5-12(6-4-8,10(17)18)15-11(19)14-7-9(16)13-2/h8H,3-7H2,1-2H3,(H,13,16)(H,17,18)(H2,14,15,19). The molecule has 1 aliphatic rings. The van der Waals surface area contributed by atoms with Gasteiger partial charge in [0, 0.05) is 7.05 Å². The number of carboxylic acid groups (broad SMARTS) is 1. The summed E-state index contributed by atoms with van der Waals surface area (Å²) in [5.41, 5.74) is -1.21. The molecule has 0 aromatic heterocycles. The third kappa shape index (κ3) is 4.11. The number of amides is 3. The second kappa shape index (κ2) is 6.40. The van der Waals surface area contributed by atoms with Crippen LogP contribution >= 0.6 is 0 Å². The second-order valence-corrected chi connectivity index (χ2v) is 5.05. The normalized spacial score (nSPS) is 26.3. The number of carboxylic acids is 1. The summed E-state index contributed by atoms with van der Waals surface area (Å²) in [4.78, 5) is 34.0. The van der Waals surface area contributed by atoms with E-state index in [1.54, 1.807) is 0 Å². The molecule has 0 aromatic carbocycles. The summed E-state index contributed by atoms with van der Waals surface area (Å²) in [5, 5.41) is 16.5. The fourth-order valence-corrected chi connectivity index (χ4v) is 2.16. The van der Waals surface area contributed by atoms with Gasteiger partial charge in [-0.15, -0.1) is 0 Å². The first-order valence-electron chi connectivity index (χ1n) is 6.39. The van der Waals surface area contributed by atoms with Crippen LogP contribution in [0.4, 0.5) is 4.79 Å². The van der Waals surface area contributed by atoms with Crippen LogP contribution < -0.4 is 16.0 Å². The molecule has 1 saturated carbocycles. The predicted octanol–water partition coefficient (Wildman–Crippen LogP) is 0.0651. The van der Waals surface area contributed by atoms with Gasteiger partial charge in [-0.2, -0.15) is 0 Å². The molecule has 0 unspecified atom stereocenters. The molecule has 1 fully saturated rings. The maximum absolute atomic E-state index is 11.7. The molecule has 7 nitrogen and oxygen atoms in total. The quantitative estimate of drug-likeness (QED) is 0.580. The Morgan fingerprint density at radius 3 is 2.32 bits per heavy atom. The van der Waals surface area contributed by atoms with E-state index in [0.29, 0.717) is 18.8 Å². The molecule has 0 bridgehead atoms. The van der Waals surface area contributed by atoms with E-state index in [1.807, 2.05) is 0 Å². The summed E-state index contributed by atoms with van der Waals surface area (Å²) >= 11 is 0. The molecule has 19 heavy (non-hydrogen) atoms. The van der Waals surface area contributed by atoms with Crippen LogP contribution in [-0.2, 0) is 9.59 Å². The molecular weight excluding hydrogens is 250 g/mol.